The number of aliphatic hydroxyl groups is 3. The van der Waals surface area contributed by atoms with Crippen LogP contribution in [0.1, 0.15) is 12.5 Å². The van der Waals surface area contributed by atoms with E-state index < -0.39 is 55.3 Å². The van der Waals surface area contributed by atoms with E-state index >= 15 is 0 Å². The van der Waals surface area contributed by atoms with E-state index in [9.17, 15) is 24.9 Å². The largest absolute Gasteiger partial charge is 0.445 e. The van der Waals surface area contributed by atoms with E-state index in [4.69, 9.17) is 14.2 Å². The van der Waals surface area contributed by atoms with Gasteiger partial charge in [0.15, 0.2) is 6.29 Å². The molecule has 0 aliphatic carbocycles. The lowest BCUT2D eigenvalue weighted by Crippen LogP contribution is -2.65. The standard InChI is InChI=1S/C18H26N2O8/c1-10(19-18(25)27-9-11-6-4-3-5-7-11)16(24)20-13-15(23)14(22)12(8-21)28-17(13)26-2/h3-7,10,12-15,17,21-23H,8-9H2,1-2H3,(H,19,25)(H,20,24)/t10-,12+,13+,14+,15+,17+/m0/s1. The summed E-state index contributed by atoms with van der Waals surface area (Å²) < 4.78 is 15.4. The number of benzene rings is 1. The lowest BCUT2D eigenvalue weighted by atomic mass is 9.96. The number of carbonyl (C=O) groups excluding carboxylic acids is 2. The molecule has 156 valence electrons. The minimum atomic E-state index is -1.43. The molecule has 0 radical (unpaired) electrons. The van der Waals surface area contributed by atoms with Gasteiger partial charge in [0.05, 0.1) is 6.61 Å². The zero-order chi connectivity index (χ0) is 20.7. The second-order valence-corrected chi connectivity index (χ2v) is 6.40. The molecule has 0 spiro atoms. The second-order valence-electron chi connectivity index (χ2n) is 6.40. The lowest BCUT2D eigenvalue weighted by Gasteiger charge is -2.42. The molecule has 1 aliphatic heterocycles. The number of methoxy groups -OCH3 is 1. The molecule has 1 heterocycles. The monoisotopic (exact) mass is 398 g/mol. The van der Waals surface area contributed by atoms with Crippen molar-refractivity contribution >= 4 is 12.0 Å². The number of alkyl carbamates (subject to hydrolysis) is 1. The van der Waals surface area contributed by atoms with Crippen molar-refractivity contribution in [3.63, 3.8) is 0 Å². The Hall–Kier alpha value is -2.24. The van der Waals surface area contributed by atoms with Crippen LogP contribution < -0.4 is 10.6 Å². The van der Waals surface area contributed by atoms with E-state index in [2.05, 4.69) is 10.6 Å². The van der Waals surface area contributed by atoms with Crippen molar-refractivity contribution in [2.75, 3.05) is 13.7 Å². The minimum Gasteiger partial charge on any atom is -0.445 e. The minimum absolute atomic E-state index is 0.0523. The Bertz CT molecular complexity index is 642. The molecule has 1 aromatic carbocycles. The molecule has 28 heavy (non-hydrogen) atoms. The van der Waals surface area contributed by atoms with E-state index in [1.54, 1.807) is 12.1 Å². The predicted octanol–water partition coefficient (Wildman–Crippen LogP) is -1.13. The predicted molar refractivity (Wildman–Crippen MR) is 95.9 cm³/mol. The fraction of sp³-hybridized carbons (Fsp3) is 0.556. The average Bonchev–Trinajstić information content (AvgIpc) is 2.70. The van der Waals surface area contributed by atoms with Crippen LogP contribution in [-0.4, -0.2) is 77.7 Å². The Morgan fingerprint density at radius 1 is 1.21 bits per heavy atom. The number of nitrogens with one attached hydrogen (secondary N) is 2. The molecule has 1 fully saturated rings. The van der Waals surface area contributed by atoms with E-state index in [-0.39, 0.29) is 6.61 Å². The van der Waals surface area contributed by atoms with Crippen molar-refractivity contribution in [1.29, 1.82) is 0 Å². The van der Waals surface area contributed by atoms with Crippen molar-refractivity contribution in [3.05, 3.63) is 35.9 Å². The molecule has 10 heteroatoms. The van der Waals surface area contributed by atoms with Crippen LogP contribution in [0.3, 0.4) is 0 Å². The number of aliphatic hydroxyl groups excluding tert-OH is 3. The van der Waals surface area contributed by atoms with Crippen LogP contribution in [0, 0.1) is 0 Å². The molecule has 1 saturated heterocycles. The molecule has 6 atom stereocenters. The van der Waals surface area contributed by atoms with E-state index in [0.717, 1.165) is 5.56 Å². The van der Waals surface area contributed by atoms with Crippen LogP contribution in [0.4, 0.5) is 4.79 Å². The molecule has 0 unspecified atom stereocenters. The number of hydrogen-bond donors (Lipinski definition) is 5. The number of ether oxygens (including phenoxy) is 3. The van der Waals surface area contributed by atoms with Crippen LogP contribution >= 0.6 is 0 Å². The third-order valence-corrected chi connectivity index (χ3v) is 4.36. The summed E-state index contributed by atoms with van der Waals surface area (Å²) in [7, 11) is 1.30. The Balaban J connectivity index is 1.87. The van der Waals surface area contributed by atoms with E-state index in [0.29, 0.717) is 0 Å². The third-order valence-electron chi connectivity index (χ3n) is 4.36. The van der Waals surface area contributed by atoms with Gasteiger partial charge in [-0.05, 0) is 12.5 Å². The second kappa shape index (κ2) is 10.3. The first-order valence-electron chi connectivity index (χ1n) is 8.80. The Labute approximate surface area is 162 Å². The topological polar surface area (TPSA) is 147 Å². The summed E-state index contributed by atoms with van der Waals surface area (Å²) in [4.78, 5) is 24.2. The molecule has 2 rings (SSSR count). The third kappa shape index (κ3) is 5.63. The molecule has 10 nitrogen and oxygen atoms in total. The van der Waals surface area contributed by atoms with Gasteiger partial charge in [-0.2, -0.15) is 0 Å². The molecular formula is C18H26N2O8. The molecule has 0 bridgehead atoms. The van der Waals surface area contributed by atoms with Crippen molar-refractivity contribution in [3.8, 4) is 0 Å². The molecule has 1 aromatic rings. The summed E-state index contributed by atoms with van der Waals surface area (Å²) in [5, 5.41) is 34.2. The van der Waals surface area contributed by atoms with Gasteiger partial charge in [0.2, 0.25) is 5.91 Å². The summed E-state index contributed by atoms with van der Waals surface area (Å²) in [6, 6.07) is 6.97. The zero-order valence-electron chi connectivity index (χ0n) is 15.6. The van der Waals surface area contributed by atoms with Gasteiger partial charge in [0.25, 0.3) is 0 Å². The molecule has 2 amide bonds. The van der Waals surface area contributed by atoms with Gasteiger partial charge in [0, 0.05) is 7.11 Å². The Morgan fingerprint density at radius 3 is 2.50 bits per heavy atom. The highest BCUT2D eigenvalue weighted by Gasteiger charge is 2.45. The van der Waals surface area contributed by atoms with Gasteiger partial charge in [-0.1, -0.05) is 30.3 Å². The highest BCUT2D eigenvalue weighted by atomic mass is 16.7. The van der Waals surface area contributed by atoms with Gasteiger partial charge < -0.3 is 40.2 Å². The van der Waals surface area contributed by atoms with Gasteiger partial charge in [-0.15, -0.1) is 0 Å². The molecule has 0 aromatic heterocycles. The van der Waals surface area contributed by atoms with E-state index in [1.807, 2.05) is 18.2 Å². The first-order valence-corrected chi connectivity index (χ1v) is 8.80. The summed E-state index contributed by atoms with van der Waals surface area (Å²) >= 11 is 0. The van der Waals surface area contributed by atoms with Gasteiger partial charge in [0.1, 0.15) is 37.0 Å². The normalized spacial score (nSPS) is 28.2. The fourth-order valence-corrected chi connectivity index (χ4v) is 2.73. The van der Waals surface area contributed by atoms with Crippen molar-refractivity contribution in [2.45, 2.75) is 50.2 Å². The highest BCUT2D eigenvalue weighted by Crippen LogP contribution is 2.21. The summed E-state index contributed by atoms with van der Waals surface area (Å²) in [6.07, 6.45) is -5.76. The van der Waals surface area contributed by atoms with Crippen molar-refractivity contribution < 1.29 is 39.1 Å². The fourth-order valence-electron chi connectivity index (χ4n) is 2.73. The van der Waals surface area contributed by atoms with Crippen molar-refractivity contribution in [1.82, 2.24) is 10.6 Å². The number of rotatable bonds is 7. The molecule has 5 N–H and O–H groups in total. The Kier molecular flexibility index (Phi) is 8.15. The van der Waals surface area contributed by atoms with Crippen LogP contribution in [0.15, 0.2) is 30.3 Å². The number of carbonyl (C=O) groups is 2. The highest BCUT2D eigenvalue weighted by molar-refractivity contribution is 5.85. The summed E-state index contributed by atoms with van der Waals surface area (Å²) in [5.41, 5.74) is 0.799. The lowest BCUT2D eigenvalue weighted by molar-refractivity contribution is -0.262. The van der Waals surface area contributed by atoms with Crippen molar-refractivity contribution in [2.24, 2.45) is 0 Å². The van der Waals surface area contributed by atoms with Crippen LogP contribution in [0.25, 0.3) is 0 Å². The zero-order valence-corrected chi connectivity index (χ0v) is 15.6. The molecule has 0 saturated carbocycles. The quantitative estimate of drug-likeness (QED) is 0.388. The van der Waals surface area contributed by atoms with Crippen LogP contribution in [-0.2, 0) is 25.6 Å². The maximum Gasteiger partial charge on any atom is 0.408 e. The molecular weight excluding hydrogens is 372 g/mol. The van der Waals surface area contributed by atoms with Gasteiger partial charge in [-0.25, -0.2) is 4.79 Å². The Morgan fingerprint density at radius 2 is 1.89 bits per heavy atom. The SMILES string of the molecule is CO[C@@H]1O[C@H](CO)[C@@H](O)[C@H](O)[C@H]1NC(=O)[C@H](C)NC(=O)OCc1ccccc1. The maximum absolute atomic E-state index is 12.4. The van der Waals surface area contributed by atoms with Crippen LogP contribution in [0.5, 0.6) is 0 Å². The first-order chi connectivity index (χ1) is 13.4. The van der Waals surface area contributed by atoms with Gasteiger partial charge in [-0.3, -0.25) is 4.79 Å². The number of hydrogen-bond acceptors (Lipinski definition) is 8. The first kappa shape index (κ1) is 22.1. The average molecular weight is 398 g/mol. The summed E-state index contributed by atoms with van der Waals surface area (Å²) in [6.45, 7) is 0.963. The van der Waals surface area contributed by atoms with Crippen LogP contribution in [0.2, 0.25) is 0 Å². The summed E-state index contributed by atoms with van der Waals surface area (Å²) in [5.74, 6) is -0.638. The molecule has 1 aliphatic rings. The maximum atomic E-state index is 12.4. The number of amides is 2. The smallest absolute Gasteiger partial charge is 0.408 e. The van der Waals surface area contributed by atoms with Gasteiger partial charge >= 0.3 is 6.09 Å². The van der Waals surface area contributed by atoms with E-state index in [1.165, 1.54) is 14.0 Å².